The molecular formula is C21H22N2O3. The zero-order valence-corrected chi connectivity index (χ0v) is 14.8. The van der Waals surface area contributed by atoms with Gasteiger partial charge in [-0.05, 0) is 48.1 Å². The van der Waals surface area contributed by atoms with Gasteiger partial charge in [-0.1, -0.05) is 43.3 Å². The molecule has 1 heterocycles. The van der Waals surface area contributed by atoms with Crippen molar-refractivity contribution in [3.63, 3.8) is 0 Å². The van der Waals surface area contributed by atoms with Crippen molar-refractivity contribution >= 4 is 11.9 Å². The zero-order chi connectivity index (χ0) is 18.1. The second-order valence-corrected chi connectivity index (χ2v) is 6.80. The molecule has 1 N–H and O–H groups in total. The summed E-state index contributed by atoms with van der Waals surface area (Å²) in [6.45, 7) is 2.61. The summed E-state index contributed by atoms with van der Waals surface area (Å²) in [5.41, 5.74) is 2.36. The van der Waals surface area contributed by atoms with Gasteiger partial charge in [0.05, 0.1) is 6.54 Å². The number of hydrogen-bond donors (Lipinski definition) is 1. The molecule has 5 nitrogen and oxygen atoms in total. The second kappa shape index (κ2) is 6.48. The second-order valence-electron chi connectivity index (χ2n) is 6.80. The number of carbonyl (C=O) groups excluding carboxylic acids is 2. The number of carbonyl (C=O) groups is 2. The van der Waals surface area contributed by atoms with Crippen molar-refractivity contribution in [2.75, 3.05) is 13.2 Å². The number of rotatable bonds is 5. The van der Waals surface area contributed by atoms with Crippen LogP contribution in [0.15, 0.2) is 48.5 Å². The highest BCUT2D eigenvalue weighted by Gasteiger charge is 2.54. The summed E-state index contributed by atoms with van der Waals surface area (Å²) in [6, 6.07) is 15.4. The smallest absolute Gasteiger partial charge is 0.325 e. The van der Waals surface area contributed by atoms with Crippen molar-refractivity contribution in [3.8, 4) is 5.75 Å². The first-order valence-electron chi connectivity index (χ1n) is 9.08. The maximum atomic E-state index is 13.0. The van der Waals surface area contributed by atoms with Crippen molar-refractivity contribution in [1.82, 2.24) is 10.2 Å². The lowest BCUT2D eigenvalue weighted by atomic mass is 9.92. The van der Waals surface area contributed by atoms with Gasteiger partial charge in [-0.15, -0.1) is 0 Å². The molecule has 1 unspecified atom stereocenters. The molecule has 1 fully saturated rings. The molecule has 0 aromatic heterocycles. The van der Waals surface area contributed by atoms with Gasteiger partial charge in [0.25, 0.3) is 5.91 Å². The number of amides is 3. The van der Waals surface area contributed by atoms with Crippen molar-refractivity contribution in [1.29, 1.82) is 0 Å². The summed E-state index contributed by atoms with van der Waals surface area (Å²) < 4.78 is 5.75. The van der Waals surface area contributed by atoms with Crippen molar-refractivity contribution < 1.29 is 14.3 Å². The summed E-state index contributed by atoms with van der Waals surface area (Å²) in [5.74, 6) is 0.593. The van der Waals surface area contributed by atoms with E-state index in [0.29, 0.717) is 6.42 Å². The molecule has 134 valence electrons. The van der Waals surface area contributed by atoms with Crippen LogP contribution in [-0.4, -0.2) is 30.0 Å². The summed E-state index contributed by atoms with van der Waals surface area (Å²) in [6.07, 6.45) is 2.36. The van der Waals surface area contributed by atoms with Crippen LogP contribution < -0.4 is 10.1 Å². The Hall–Kier alpha value is -2.82. The van der Waals surface area contributed by atoms with Crippen LogP contribution in [0.5, 0.6) is 5.75 Å². The normalized spacial score (nSPS) is 21.2. The Morgan fingerprint density at radius 1 is 1.15 bits per heavy atom. The van der Waals surface area contributed by atoms with E-state index >= 15 is 0 Å². The topological polar surface area (TPSA) is 58.6 Å². The van der Waals surface area contributed by atoms with Gasteiger partial charge >= 0.3 is 6.03 Å². The van der Waals surface area contributed by atoms with Gasteiger partial charge in [0, 0.05) is 0 Å². The highest BCUT2D eigenvalue weighted by Crippen LogP contribution is 2.41. The van der Waals surface area contributed by atoms with Crippen LogP contribution in [0.1, 0.15) is 30.0 Å². The summed E-state index contributed by atoms with van der Waals surface area (Å²) in [7, 11) is 0. The van der Waals surface area contributed by atoms with Crippen molar-refractivity contribution in [3.05, 3.63) is 65.2 Å². The number of hydrogen-bond acceptors (Lipinski definition) is 3. The van der Waals surface area contributed by atoms with Gasteiger partial charge in [0.2, 0.25) is 0 Å². The molecule has 5 heteroatoms. The van der Waals surface area contributed by atoms with Crippen LogP contribution in [0.3, 0.4) is 0 Å². The molecule has 0 radical (unpaired) electrons. The average Bonchev–Trinajstić information content (AvgIpc) is 3.15. The minimum atomic E-state index is -0.893. The molecule has 26 heavy (non-hydrogen) atoms. The first-order valence-corrected chi connectivity index (χ1v) is 9.08. The highest BCUT2D eigenvalue weighted by molar-refractivity contribution is 6.08. The van der Waals surface area contributed by atoms with Crippen LogP contribution in [0, 0.1) is 0 Å². The quantitative estimate of drug-likeness (QED) is 0.844. The monoisotopic (exact) mass is 350 g/mol. The minimum absolute atomic E-state index is 0.168. The Kier molecular flexibility index (Phi) is 4.15. The molecule has 2 aromatic carbocycles. The maximum Gasteiger partial charge on any atom is 0.325 e. The minimum Gasteiger partial charge on any atom is -0.492 e. The van der Waals surface area contributed by atoms with Gasteiger partial charge < -0.3 is 10.1 Å². The molecule has 2 aromatic rings. The molecule has 1 saturated heterocycles. The van der Waals surface area contributed by atoms with Gasteiger partial charge in [0.1, 0.15) is 17.9 Å². The van der Waals surface area contributed by atoms with E-state index in [9.17, 15) is 9.59 Å². The Morgan fingerprint density at radius 3 is 2.85 bits per heavy atom. The number of nitrogens with one attached hydrogen (secondary N) is 1. The van der Waals surface area contributed by atoms with Crippen LogP contribution in [0.25, 0.3) is 0 Å². The van der Waals surface area contributed by atoms with Crippen molar-refractivity contribution in [2.45, 2.75) is 31.7 Å². The fraction of sp³-hybridized carbons (Fsp3) is 0.333. The third-order valence-electron chi connectivity index (χ3n) is 5.31. The standard InChI is InChI=1S/C21H22N2O3/c1-2-15-6-5-8-17(14-15)26-13-12-23-19(24)21(22-20(23)25)11-10-16-7-3-4-9-18(16)21/h3-9,14H,2,10-13H2,1H3,(H,22,25). The molecule has 2 aliphatic rings. The van der Waals surface area contributed by atoms with E-state index in [-0.39, 0.29) is 25.1 Å². The number of aryl methyl sites for hydroxylation is 2. The van der Waals surface area contributed by atoms with Gasteiger partial charge in [-0.3, -0.25) is 9.69 Å². The molecule has 0 saturated carbocycles. The molecular weight excluding hydrogens is 328 g/mol. The van der Waals surface area contributed by atoms with Gasteiger partial charge in [0.15, 0.2) is 0 Å². The lowest BCUT2D eigenvalue weighted by molar-refractivity contribution is -0.131. The number of imide groups is 1. The highest BCUT2D eigenvalue weighted by atomic mass is 16.5. The summed E-state index contributed by atoms with van der Waals surface area (Å²) in [5, 5.41) is 2.93. The van der Waals surface area contributed by atoms with Crippen LogP contribution in [0.4, 0.5) is 4.79 Å². The third kappa shape index (κ3) is 2.64. The molecule has 1 aliphatic carbocycles. The Bertz CT molecular complexity index is 864. The van der Waals surface area contributed by atoms with Gasteiger partial charge in [-0.25, -0.2) is 4.79 Å². The molecule has 1 aliphatic heterocycles. The fourth-order valence-electron chi connectivity index (χ4n) is 3.90. The van der Waals surface area contributed by atoms with E-state index < -0.39 is 5.54 Å². The Labute approximate surface area is 153 Å². The van der Waals surface area contributed by atoms with Crippen LogP contribution in [0.2, 0.25) is 0 Å². The average molecular weight is 350 g/mol. The third-order valence-corrected chi connectivity index (χ3v) is 5.31. The first kappa shape index (κ1) is 16.6. The van der Waals surface area contributed by atoms with E-state index in [4.69, 9.17) is 4.74 Å². The largest absolute Gasteiger partial charge is 0.492 e. The van der Waals surface area contributed by atoms with Crippen LogP contribution >= 0.6 is 0 Å². The van der Waals surface area contributed by atoms with E-state index in [1.54, 1.807) is 0 Å². The summed E-state index contributed by atoms with van der Waals surface area (Å²) >= 11 is 0. The lowest BCUT2D eigenvalue weighted by Crippen LogP contribution is -2.42. The predicted molar refractivity (Wildman–Crippen MR) is 98.0 cm³/mol. The fourth-order valence-corrected chi connectivity index (χ4v) is 3.90. The number of fused-ring (bicyclic) bond motifs is 2. The van der Waals surface area contributed by atoms with Crippen molar-refractivity contribution in [2.24, 2.45) is 0 Å². The van der Waals surface area contributed by atoms with E-state index in [0.717, 1.165) is 29.7 Å². The predicted octanol–water partition coefficient (Wildman–Crippen LogP) is 3.02. The molecule has 1 atom stereocenters. The SMILES string of the molecule is CCc1cccc(OCCN2C(=O)NC3(CCc4ccccc43)C2=O)c1. The summed E-state index contributed by atoms with van der Waals surface area (Å²) in [4.78, 5) is 26.8. The number of ether oxygens (including phenoxy) is 1. The molecule has 4 rings (SSSR count). The zero-order valence-electron chi connectivity index (χ0n) is 14.8. The molecule has 0 bridgehead atoms. The van der Waals surface area contributed by atoms with Gasteiger partial charge in [-0.2, -0.15) is 0 Å². The van der Waals surface area contributed by atoms with Crippen LogP contribution in [-0.2, 0) is 23.2 Å². The molecule has 1 spiro atoms. The lowest BCUT2D eigenvalue weighted by Gasteiger charge is -2.22. The Balaban J connectivity index is 1.45. The maximum absolute atomic E-state index is 13.0. The van der Waals surface area contributed by atoms with E-state index in [1.165, 1.54) is 10.5 Å². The molecule has 3 amide bonds. The van der Waals surface area contributed by atoms with E-state index in [1.807, 2.05) is 48.5 Å². The first-order chi connectivity index (χ1) is 12.6. The number of urea groups is 1. The Morgan fingerprint density at radius 2 is 2.00 bits per heavy atom. The number of nitrogens with zero attached hydrogens (tertiary/aromatic N) is 1. The van der Waals surface area contributed by atoms with E-state index in [2.05, 4.69) is 12.2 Å². The number of benzene rings is 2.